The molecule has 0 aliphatic heterocycles. The summed E-state index contributed by atoms with van der Waals surface area (Å²) in [4.78, 5) is 16.3. The number of nitrogens with two attached hydrogens (primary N) is 1. The van der Waals surface area contributed by atoms with Gasteiger partial charge in [0.1, 0.15) is 5.69 Å². The molecule has 0 aliphatic carbocycles. The molecule has 0 aromatic carbocycles. The first kappa shape index (κ1) is 14.0. The average Bonchev–Trinajstić information content (AvgIpc) is 2.26. The van der Waals surface area contributed by atoms with Crippen LogP contribution in [0.5, 0.6) is 0 Å². The molecule has 0 saturated heterocycles. The van der Waals surface area contributed by atoms with Gasteiger partial charge in [0.15, 0.2) is 0 Å². The van der Waals surface area contributed by atoms with Crippen LogP contribution in [0.3, 0.4) is 0 Å². The molecule has 1 aromatic heterocycles. The molecule has 1 rings (SSSR count). The molecule has 0 atom stereocenters. The summed E-state index contributed by atoms with van der Waals surface area (Å²) in [5.74, 6) is -3.80. The fourth-order valence-corrected chi connectivity index (χ4v) is 0.974. The maximum absolute atomic E-state index is 13.0. The molecule has 0 bridgehead atoms. The third-order valence-corrected chi connectivity index (χ3v) is 1.79. The second kappa shape index (κ2) is 4.33. The van der Waals surface area contributed by atoms with Crippen LogP contribution in [0.2, 0.25) is 0 Å². The molecule has 18 heavy (non-hydrogen) atoms. The van der Waals surface area contributed by atoms with Gasteiger partial charge in [-0.15, -0.1) is 0 Å². The lowest BCUT2D eigenvalue weighted by Gasteiger charge is -2.21. The van der Waals surface area contributed by atoms with Crippen LogP contribution in [-0.4, -0.2) is 22.1 Å². The van der Waals surface area contributed by atoms with Crippen molar-refractivity contribution in [2.75, 3.05) is 5.43 Å². The van der Waals surface area contributed by atoms with Gasteiger partial charge in [0, 0.05) is 11.8 Å². The highest BCUT2D eigenvalue weighted by Crippen LogP contribution is 2.44. The van der Waals surface area contributed by atoms with Crippen molar-refractivity contribution in [2.45, 2.75) is 12.1 Å². The zero-order chi connectivity index (χ0) is 14.1. The quantitative estimate of drug-likeness (QED) is 0.447. The third kappa shape index (κ3) is 2.30. The SMILES string of the molecule is NNc1ncc(C(=O)[O-])c(C(F)(F)C(F)(F)F)n1. The van der Waals surface area contributed by atoms with Crippen LogP contribution in [0.1, 0.15) is 16.1 Å². The van der Waals surface area contributed by atoms with Gasteiger partial charge in [0.25, 0.3) is 0 Å². The Morgan fingerprint density at radius 3 is 2.28 bits per heavy atom. The van der Waals surface area contributed by atoms with E-state index in [2.05, 4.69) is 9.97 Å². The Labute approximate surface area is 95.6 Å². The highest BCUT2D eigenvalue weighted by atomic mass is 19.4. The maximum Gasteiger partial charge on any atom is 0.459 e. The molecule has 11 heteroatoms. The summed E-state index contributed by atoms with van der Waals surface area (Å²) in [7, 11) is 0. The van der Waals surface area contributed by atoms with Crippen molar-refractivity contribution in [1.82, 2.24) is 9.97 Å². The monoisotopic (exact) mass is 271 g/mol. The molecule has 0 fully saturated rings. The number of hydrazine groups is 1. The lowest BCUT2D eigenvalue weighted by molar-refractivity contribution is -0.292. The molecule has 0 unspecified atom stereocenters. The minimum Gasteiger partial charge on any atom is -0.545 e. The Morgan fingerprint density at radius 2 is 1.89 bits per heavy atom. The normalized spacial score (nSPS) is 12.3. The number of hydrogen-bond donors (Lipinski definition) is 2. The number of carboxylic acid groups (broad SMARTS) is 1. The molecule has 0 saturated carbocycles. The van der Waals surface area contributed by atoms with E-state index >= 15 is 0 Å². The summed E-state index contributed by atoms with van der Waals surface area (Å²) >= 11 is 0. The Morgan fingerprint density at radius 1 is 1.33 bits per heavy atom. The maximum atomic E-state index is 13.0. The summed E-state index contributed by atoms with van der Waals surface area (Å²) in [6.45, 7) is 0. The number of nitrogens with zero attached hydrogens (tertiary/aromatic N) is 2. The molecule has 0 aliphatic rings. The number of nitrogens with one attached hydrogen (secondary N) is 1. The van der Waals surface area contributed by atoms with Crippen molar-refractivity contribution >= 4 is 11.9 Å². The van der Waals surface area contributed by atoms with Gasteiger partial charge in [-0.2, -0.15) is 22.0 Å². The average molecular weight is 271 g/mol. The predicted molar refractivity (Wildman–Crippen MR) is 44.1 cm³/mol. The molecular weight excluding hydrogens is 267 g/mol. The molecule has 100 valence electrons. The minimum atomic E-state index is -6.02. The lowest BCUT2D eigenvalue weighted by Crippen LogP contribution is -2.38. The molecule has 0 amide bonds. The number of alkyl halides is 5. The number of carbonyl (C=O) groups excluding carboxylic acids is 1. The van der Waals surface area contributed by atoms with E-state index in [1.165, 1.54) is 0 Å². The van der Waals surface area contributed by atoms with Crippen molar-refractivity contribution in [1.29, 1.82) is 0 Å². The van der Waals surface area contributed by atoms with E-state index in [0.717, 1.165) is 0 Å². The van der Waals surface area contributed by atoms with Gasteiger partial charge in [-0.3, -0.25) is 5.43 Å². The molecule has 0 spiro atoms. The van der Waals surface area contributed by atoms with Gasteiger partial charge >= 0.3 is 12.1 Å². The van der Waals surface area contributed by atoms with Crippen LogP contribution < -0.4 is 16.4 Å². The summed E-state index contributed by atoms with van der Waals surface area (Å²) in [5.41, 5.74) is -1.90. The number of rotatable bonds is 3. The summed E-state index contributed by atoms with van der Waals surface area (Å²) < 4.78 is 62.4. The standard InChI is InChI=1S/C7H5F5N4O2/c8-6(9,7(10,11)12)3-2(4(17)18)1-14-5(15-3)16-13/h1H,13H2,(H,17,18)(H,14,15,16)/p-1. The first-order chi connectivity index (χ1) is 8.11. The number of nitrogen functional groups attached to an aromatic ring is 1. The number of carboxylic acids is 1. The number of aromatic nitrogens is 2. The first-order valence-corrected chi connectivity index (χ1v) is 4.11. The van der Waals surface area contributed by atoms with E-state index in [1.54, 1.807) is 5.43 Å². The topological polar surface area (TPSA) is 104 Å². The van der Waals surface area contributed by atoms with E-state index in [4.69, 9.17) is 5.84 Å². The zero-order valence-corrected chi connectivity index (χ0v) is 8.26. The van der Waals surface area contributed by atoms with Crippen molar-refractivity contribution in [3.63, 3.8) is 0 Å². The number of anilines is 1. The van der Waals surface area contributed by atoms with E-state index < -0.39 is 35.3 Å². The van der Waals surface area contributed by atoms with Crippen molar-refractivity contribution in [3.05, 3.63) is 17.5 Å². The minimum absolute atomic E-state index is 0.243. The molecule has 6 nitrogen and oxygen atoms in total. The molecular formula is C7H4F5N4O2-. The Bertz CT molecular complexity index is 475. The summed E-state index contributed by atoms with van der Waals surface area (Å²) in [5, 5.41) is 10.5. The number of carbonyl (C=O) groups is 1. The number of aromatic carboxylic acids is 1. The van der Waals surface area contributed by atoms with Gasteiger partial charge in [-0.25, -0.2) is 15.8 Å². The van der Waals surface area contributed by atoms with Crippen molar-refractivity contribution < 1.29 is 31.9 Å². The molecule has 0 radical (unpaired) electrons. The molecule has 1 aromatic rings. The van der Waals surface area contributed by atoms with E-state index in [9.17, 15) is 31.9 Å². The van der Waals surface area contributed by atoms with E-state index in [1.807, 2.05) is 0 Å². The van der Waals surface area contributed by atoms with Gasteiger partial charge in [-0.1, -0.05) is 0 Å². The highest BCUT2D eigenvalue weighted by molar-refractivity contribution is 5.87. The highest BCUT2D eigenvalue weighted by Gasteiger charge is 2.61. The van der Waals surface area contributed by atoms with Gasteiger partial charge in [0.05, 0.1) is 5.97 Å². The van der Waals surface area contributed by atoms with Crippen LogP contribution in [0.25, 0.3) is 0 Å². The van der Waals surface area contributed by atoms with Crippen molar-refractivity contribution in [3.8, 4) is 0 Å². The second-order valence-electron chi connectivity index (χ2n) is 2.96. The second-order valence-corrected chi connectivity index (χ2v) is 2.96. The van der Waals surface area contributed by atoms with Gasteiger partial charge in [-0.05, 0) is 0 Å². The Kier molecular flexibility index (Phi) is 3.37. The fourth-order valence-electron chi connectivity index (χ4n) is 0.974. The first-order valence-electron chi connectivity index (χ1n) is 4.11. The fraction of sp³-hybridized carbons (Fsp3) is 0.286. The van der Waals surface area contributed by atoms with Crippen molar-refractivity contribution in [2.24, 2.45) is 5.84 Å². The number of hydrogen-bond acceptors (Lipinski definition) is 6. The van der Waals surface area contributed by atoms with Gasteiger partial charge in [0.2, 0.25) is 5.95 Å². The Balaban J connectivity index is 3.50. The molecule has 1 heterocycles. The zero-order valence-electron chi connectivity index (χ0n) is 8.26. The van der Waals surface area contributed by atoms with E-state index in [-0.39, 0.29) is 6.20 Å². The van der Waals surface area contributed by atoms with Crippen LogP contribution in [-0.2, 0) is 5.92 Å². The Hall–Kier alpha value is -2.04. The van der Waals surface area contributed by atoms with Gasteiger partial charge < -0.3 is 9.90 Å². The molecule has 3 N–H and O–H groups in total. The third-order valence-electron chi connectivity index (χ3n) is 1.79. The van der Waals surface area contributed by atoms with Crippen LogP contribution in [0.15, 0.2) is 6.20 Å². The van der Waals surface area contributed by atoms with Crippen LogP contribution in [0, 0.1) is 0 Å². The largest absolute Gasteiger partial charge is 0.545 e. The number of halogens is 5. The van der Waals surface area contributed by atoms with Crippen LogP contribution >= 0.6 is 0 Å². The smallest absolute Gasteiger partial charge is 0.459 e. The summed E-state index contributed by atoms with van der Waals surface area (Å²) in [6, 6.07) is 0. The lowest BCUT2D eigenvalue weighted by atomic mass is 10.1. The van der Waals surface area contributed by atoms with Crippen LogP contribution in [0.4, 0.5) is 27.9 Å². The predicted octanol–water partition coefficient (Wildman–Crippen LogP) is -0.220. The van der Waals surface area contributed by atoms with E-state index in [0.29, 0.717) is 0 Å². The summed E-state index contributed by atoms with van der Waals surface area (Å²) in [6.07, 6.45) is -5.77.